The molecular formula is C14H20FNO. The summed E-state index contributed by atoms with van der Waals surface area (Å²) in [6.07, 6.45) is 4.99. The number of nitrogens with one attached hydrogen (secondary N) is 1. The molecule has 1 heterocycles. The van der Waals surface area contributed by atoms with E-state index >= 15 is 0 Å². The summed E-state index contributed by atoms with van der Waals surface area (Å²) in [6.45, 7) is 3.63. The summed E-state index contributed by atoms with van der Waals surface area (Å²) in [5.74, 6) is 0.583. The van der Waals surface area contributed by atoms with E-state index in [-0.39, 0.29) is 5.82 Å². The Bertz CT molecular complexity index is 359. The van der Waals surface area contributed by atoms with Gasteiger partial charge in [-0.05, 0) is 50.1 Å². The van der Waals surface area contributed by atoms with E-state index in [1.54, 1.807) is 6.07 Å². The Morgan fingerprint density at radius 1 is 1.35 bits per heavy atom. The van der Waals surface area contributed by atoms with Crippen molar-refractivity contribution >= 4 is 0 Å². The fourth-order valence-corrected chi connectivity index (χ4v) is 2.21. The van der Waals surface area contributed by atoms with Crippen LogP contribution in [0.5, 0.6) is 5.75 Å². The zero-order valence-corrected chi connectivity index (χ0v) is 10.3. The number of ether oxygens (including phenoxy) is 1. The van der Waals surface area contributed by atoms with Gasteiger partial charge in [-0.25, -0.2) is 4.39 Å². The van der Waals surface area contributed by atoms with Crippen LogP contribution in [-0.2, 0) is 0 Å². The van der Waals surface area contributed by atoms with E-state index < -0.39 is 0 Å². The van der Waals surface area contributed by atoms with E-state index in [1.165, 1.54) is 37.8 Å². The van der Waals surface area contributed by atoms with Gasteiger partial charge in [0.2, 0.25) is 0 Å². The summed E-state index contributed by atoms with van der Waals surface area (Å²) in [6, 6.07) is 5.10. The minimum absolute atomic E-state index is 0.206. The molecule has 1 N–H and O–H groups in total. The summed E-state index contributed by atoms with van der Waals surface area (Å²) < 4.78 is 18.7. The Hall–Kier alpha value is -1.09. The molecule has 2 nitrogen and oxygen atoms in total. The number of hydrogen-bond acceptors (Lipinski definition) is 2. The zero-order chi connectivity index (χ0) is 12.1. The van der Waals surface area contributed by atoms with Crippen LogP contribution in [0.4, 0.5) is 4.39 Å². The van der Waals surface area contributed by atoms with Gasteiger partial charge in [0.1, 0.15) is 18.2 Å². The van der Waals surface area contributed by atoms with Gasteiger partial charge in [0.15, 0.2) is 0 Å². The molecule has 1 saturated heterocycles. The van der Waals surface area contributed by atoms with Gasteiger partial charge in [-0.1, -0.05) is 12.8 Å². The van der Waals surface area contributed by atoms with Crippen LogP contribution >= 0.6 is 0 Å². The summed E-state index contributed by atoms with van der Waals surface area (Å²) >= 11 is 0. The van der Waals surface area contributed by atoms with Crippen LogP contribution in [-0.4, -0.2) is 19.2 Å². The maximum atomic E-state index is 12.9. The molecule has 1 aromatic rings. The van der Waals surface area contributed by atoms with Crippen molar-refractivity contribution in [1.82, 2.24) is 5.32 Å². The van der Waals surface area contributed by atoms with E-state index in [9.17, 15) is 4.39 Å². The molecule has 1 unspecified atom stereocenters. The molecule has 1 fully saturated rings. The molecule has 3 heteroatoms. The van der Waals surface area contributed by atoms with E-state index in [2.05, 4.69) is 5.32 Å². The lowest BCUT2D eigenvalue weighted by atomic mass is 10.1. The van der Waals surface area contributed by atoms with Crippen molar-refractivity contribution in [2.45, 2.75) is 38.6 Å². The molecule has 0 amide bonds. The first kappa shape index (κ1) is 12.4. The molecular weight excluding hydrogens is 217 g/mol. The van der Waals surface area contributed by atoms with E-state index in [0.717, 1.165) is 17.9 Å². The molecule has 17 heavy (non-hydrogen) atoms. The molecule has 0 saturated carbocycles. The fraction of sp³-hybridized carbons (Fsp3) is 0.571. The predicted molar refractivity (Wildman–Crippen MR) is 66.9 cm³/mol. The third-order valence-electron chi connectivity index (χ3n) is 3.24. The molecule has 0 aliphatic carbocycles. The van der Waals surface area contributed by atoms with Gasteiger partial charge in [0.05, 0.1) is 0 Å². The predicted octanol–water partition coefficient (Wildman–Crippen LogP) is 3.05. The lowest BCUT2D eigenvalue weighted by Gasteiger charge is -2.17. The highest BCUT2D eigenvalue weighted by atomic mass is 19.1. The molecule has 0 radical (unpaired) electrons. The maximum Gasteiger partial charge on any atom is 0.123 e. The second-order valence-electron chi connectivity index (χ2n) is 4.72. The third-order valence-corrected chi connectivity index (χ3v) is 3.24. The zero-order valence-electron chi connectivity index (χ0n) is 10.3. The van der Waals surface area contributed by atoms with Gasteiger partial charge in [-0.15, -0.1) is 0 Å². The smallest absolute Gasteiger partial charge is 0.123 e. The number of halogens is 1. The normalized spacial score (nSPS) is 20.9. The topological polar surface area (TPSA) is 21.3 Å². The van der Waals surface area contributed by atoms with Crippen molar-refractivity contribution in [3.8, 4) is 5.75 Å². The number of benzene rings is 1. The molecule has 1 aliphatic rings. The average Bonchev–Trinajstić information content (AvgIpc) is 2.56. The molecule has 0 bridgehead atoms. The average molecular weight is 237 g/mol. The molecule has 1 aromatic carbocycles. The maximum absolute atomic E-state index is 12.9. The molecule has 1 aliphatic heterocycles. The van der Waals surface area contributed by atoms with Gasteiger partial charge in [0.25, 0.3) is 0 Å². The first-order valence-electron chi connectivity index (χ1n) is 6.38. The van der Waals surface area contributed by atoms with Crippen molar-refractivity contribution < 1.29 is 9.13 Å². The van der Waals surface area contributed by atoms with E-state index in [1.807, 2.05) is 6.92 Å². The quantitative estimate of drug-likeness (QED) is 0.872. The Morgan fingerprint density at radius 2 is 2.24 bits per heavy atom. The minimum atomic E-state index is -0.206. The lowest BCUT2D eigenvalue weighted by molar-refractivity contribution is 0.259. The number of hydrogen-bond donors (Lipinski definition) is 1. The van der Waals surface area contributed by atoms with Crippen LogP contribution in [0.1, 0.15) is 31.2 Å². The first-order chi connectivity index (χ1) is 8.25. The molecule has 1 atom stereocenters. The van der Waals surface area contributed by atoms with Crippen molar-refractivity contribution in [3.05, 3.63) is 29.6 Å². The Morgan fingerprint density at radius 3 is 3.06 bits per heavy atom. The van der Waals surface area contributed by atoms with Crippen LogP contribution in [0.2, 0.25) is 0 Å². The monoisotopic (exact) mass is 237 g/mol. The fourth-order valence-electron chi connectivity index (χ4n) is 2.21. The van der Waals surface area contributed by atoms with Crippen molar-refractivity contribution in [2.75, 3.05) is 13.2 Å². The molecule has 0 aromatic heterocycles. The van der Waals surface area contributed by atoms with Crippen LogP contribution in [0, 0.1) is 12.7 Å². The van der Waals surface area contributed by atoms with Crippen molar-refractivity contribution in [2.24, 2.45) is 0 Å². The van der Waals surface area contributed by atoms with Gasteiger partial charge in [-0.2, -0.15) is 0 Å². The van der Waals surface area contributed by atoms with Crippen LogP contribution in [0.3, 0.4) is 0 Å². The van der Waals surface area contributed by atoms with Gasteiger partial charge >= 0.3 is 0 Å². The lowest BCUT2D eigenvalue weighted by Crippen LogP contribution is -2.33. The highest BCUT2D eigenvalue weighted by Crippen LogP contribution is 2.19. The van der Waals surface area contributed by atoms with Crippen LogP contribution in [0.25, 0.3) is 0 Å². The van der Waals surface area contributed by atoms with E-state index in [0.29, 0.717) is 12.6 Å². The van der Waals surface area contributed by atoms with E-state index in [4.69, 9.17) is 4.74 Å². The second kappa shape index (κ2) is 6.01. The number of rotatable bonds is 3. The second-order valence-corrected chi connectivity index (χ2v) is 4.72. The molecule has 0 spiro atoms. The molecule has 2 rings (SSSR count). The van der Waals surface area contributed by atoms with Gasteiger partial charge < -0.3 is 10.1 Å². The largest absolute Gasteiger partial charge is 0.492 e. The highest BCUT2D eigenvalue weighted by Gasteiger charge is 2.12. The van der Waals surface area contributed by atoms with Crippen molar-refractivity contribution in [1.29, 1.82) is 0 Å². The minimum Gasteiger partial charge on any atom is -0.492 e. The highest BCUT2D eigenvalue weighted by molar-refractivity contribution is 5.32. The Labute approximate surface area is 102 Å². The van der Waals surface area contributed by atoms with Crippen LogP contribution < -0.4 is 10.1 Å². The van der Waals surface area contributed by atoms with Gasteiger partial charge in [-0.3, -0.25) is 0 Å². The summed E-state index contributed by atoms with van der Waals surface area (Å²) in [4.78, 5) is 0. The summed E-state index contributed by atoms with van der Waals surface area (Å²) in [5.41, 5.74) is 0.860. The summed E-state index contributed by atoms with van der Waals surface area (Å²) in [5, 5.41) is 3.48. The standard InChI is InChI=1S/C14H20FNO/c1-11-9-12(15)6-7-14(11)17-10-13-5-3-2-4-8-16-13/h6-7,9,13,16H,2-5,8,10H2,1H3. The first-order valence-corrected chi connectivity index (χ1v) is 6.38. The SMILES string of the molecule is Cc1cc(F)ccc1OCC1CCCCCN1. The van der Waals surface area contributed by atoms with Crippen LogP contribution in [0.15, 0.2) is 18.2 Å². The third kappa shape index (κ3) is 3.70. The molecule has 94 valence electrons. The Kier molecular flexibility index (Phi) is 4.37. The number of aryl methyl sites for hydroxylation is 1. The van der Waals surface area contributed by atoms with Gasteiger partial charge in [0, 0.05) is 6.04 Å². The Balaban J connectivity index is 1.88. The summed E-state index contributed by atoms with van der Waals surface area (Å²) in [7, 11) is 0. The van der Waals surface area contributed by atoms with Crippen molar-refractivity contribution in [3.63, 3.8) is 0 Å².